The maximum absolute atomic E-state index is 5.04. The van der Waals surface area contributed by atoms with E-state index in [1.54, 1.807) is 0 Å². The van der Waals surface area contributed by atoms with Gasteiger partial charge in [-0.05, 0) is 39.7 Å². The molecule has 1 aliphatic rings. The Hall–Kier alpha value is -4.67. The van der Waals surface area contributed by atoms with Gasteiger partial charge < -0.3 is 0 Å². The van der Waals surface area contributed by atoms with Gasteiger partial charge in [-0.1, -0.05) is 131 Å². The zero-order valence-corrected chi connectivity index (χ0v) is 25.5. The molecule has 0 N–H and O–H groups in total. The van der Waals surface area contributed by atoms with Crippen molar-refractivity contribution < 1.29 is 0 Å². The Morgan fingerprint density at radius 2 is 1.05 bits per heavy atom. The molecular formula is C39H31N3S. The van der Waals surface area contributed by atoms with Crippen molar-refractivity contribution in [3.05, 3.63) is 126 Å². The minimum absolute atomic E-state index is 0.0954. The third-order valence-electron chi connectivity index (χ3n) is 9.70. The van der Waals surface area contributed by atoms with Gasteiger partial charge >= 0.3 is 0 Å². The first-order valence-corrected chi connectivity index (χ1v) is 15.6. The summed E-state index contributed by atoms with van der Waals surface area (Å²) in [6.45, 7) is 9.55. The third-order valence-corrected chi connectivity index (χ3v) is 10.9. The van der Waals surface area contributed by atoms with Crippen molar-refractivity contribution in [3.63, 3.8) is 0 Å². The number of hydrogen-bond donors (Lipinski definition) is 0. The van der Waals surface area contributed by atoms with E-state index in [1.807, 2.05) is 47.7 Å². The standard InChI is InChI=1S/C39H31N3S/c1-38(2)30-22-21-28-27-17-11-12-18-32(27)43-34(28)33(30)29-20-19-26(23-31(29)39(38,3)4)37-41-35(24-13-7-5-8-14-24)40-36(42-37)25-15-9-6-10-16-25/h5-23H,1-4H3. The number of benzene rings is 5. The van der Waals surface area contributed by atoms with Crippen LogP contribution in [0.5, 0.6) is 0 Å². The highest BCUT2D eigenvalue weighted by molar-refractivity contribution is 7.26. The number of thiophene rings is 1. The minimum Gasteiger partial charge on any atom is -0.208 e. The van der Waals surface area contributed by atoms with E-state index in [9.17, 15) is 0 Å². The van der Waals surface area contributed by atoms with Gasteiger partial charge in [-0.15, -0.1) is 11.3 Å². The van der Waals surface area contributed by atoms with Crippen LogP contribution in [0.3, 0.4) is 0 Å². The van der Waals surface area contributed by atoms with Gasteiger partial charge in [-0.25, -0.2) is 15.0 Å². The van der Waals surface area contributed by atoms with Crippen LogP contribution in [0.1, 0.15) is 38.8 Å². The molecule has 2 heterocycles. The van der Waals surface area contributed by atoms with Crippen molar-refractivity contribution in [2.75, 3.05) is 0 Å². The molecule has 2 aromatic heterocycles. The highest BCUT2D eigenvalue weighted by atomic mass is 32.1. The molecule has 43 heavy (non-hydrogen) atoms. The third kappa shape index (κ3) is 3.90. The summed E-state index contributed by atoms with van der Waals surface area (Å²) < 4.78 is 2.70. The molecule has 208 valence electrons. The van der Waals surface area contributed by atoms with E-state index in [-0.39, 0.29) is 10.8 Å². The molecule has 0 spiro atoms. The lowest BCUT2D eigenvalue weighted by Gasteiger charge is -2.48. The van der Waals surface area contributed by atoms with Crippen LogP contribution in [0.25, 0.3) is 65.5 Å². The second kappa shape index (κ2) is 9.42. The van der Waals surface area contributed by atoms with Gasteiger partial charge in [0.15, 0.2) is 17.5 Å². The van der Waals surface area contributed by atoms with Gasteiger partial charge in [0.05, 0.1) is 0 Å². The van der Waals surface area contributed by atoms with Crippen LogP contribution in [-0.2, 0) is 10.8 Å². The molecule has 0 aliphatic heterocycles. The first-order valence-electron chi connectivity index (χ1n) is 14.8. The molecule has 7 aromatic rings. The molecule has 5 aromatic carbocycles. The monoisotopic (exact) mass is 573 g/mol. The van der Waals surface area contributed by atoms with E-state index in [0.29, 0.717) is 17.5 Å². The molecule has 0 radical (unpaired) electrons. The Kier molecular flexibility index (Phi) is 5.69. The van der Waals surface area contributed by atoms with Crippen molar-refractivity contribution in [3.8, 4) is 45.3 Å². The van der Waals surface area contributed by atoms with Crippen LogP contribution in [0.2, 0.25) is 0 Å². The minimum atomic E-state index is -0.132. The summed E-state index contributed by atoms with van der Waals surface area (Å²) in [5.74, 6) is 2.05. The number of nitrogens with zero attached hydrogens (tertiary/aromatic N) is 3. The summed E-state index contributed by atoms with van der Waals surface area (Å²) in [6, 6.07) is 40.7. The predicted octanol–water partition coefficient (Wildman–Crippen LogP) is 10.5. The molecule has 3 nitrogen and oxygen atoms in total. The predicted molar refractivity (Wildman–Crippen MR) is 181 cm³/mol. The van der Waals surface area contributed by atoms with E-state index in [1.165, 1.54) is 42.4 Å². The van der Waals surface area contributed by atoms with E-state index in [0.717, 1.165) is 16.7 Å². The zero-order chi connectivity index (χ0) is 29.3. The molecule has 8 rings (SSSR count). The fraction of sp³-hybridized carbons (Fsp3) is 0.154. The normalized spacial score (nSPS) is 14.9. The van der Waals surface area contributed by atoms with E-state index in [2.05, 4.69) is 107 Å². The maximum atomic E-state index is 5.04. The summed E-state index contributed by atoms with van der Waals surface area (Å²) in [5.41, 5.74) is 8.15. The second-order valence-electron chi connectivity index (χ2n) is 12.5. The van der Waals surface area contributed by atoms with Crippen LogP contribution in [0, 0.1) is 0 Å². The largest absolute Gasteiger partial charge is 0.208 e. The molecular weight excluding hydrogens is 543 g/mol. The summed E-state index contributed by atoms with van der Waals surface area (Å²) in [7, 11) is 0. The van der Waals surface area contributed by atoms with Crippen molar-refractivity contribution in [1.29, 1.82) is 0 Å². The van der Waals surface area contributed by atoms with Crippen molar-refractivity contribution in [2.24, 2.45) is 0 Å². The molecule has 0 unspecified atom stereocenters. The van der Waals surface area contributed by atoms with Crippen molar-refractivity contribution in [1.82, 2.24) is 15.0 Å². The Balaban J connectivity index is 1.38. The molecule has 4 heteroatoms. The average Bonchev–Trinajstić information content (AvgIpc) is 3.43. The van der Waals surface area contributed by atoms with E-state index >= 15 is 0 Å². The Bertz CT molecular complexity index is 2120. The summed E-state index contributed by atoms with van der Waals surface area (Å²) in [6.07, 6.45) is 0. The number of fused-ring (bicyclic) bond motifs is 7. The van der Waals surface area contributed by atoms with Gasteiger partial charge in [0.1, 0.15) is 0 Å². The second-order valence-corrected chi connectivity index (χ2v) is 13.6. The number of rotatable bonds is 3. The van der Waals surface area contributed by atoms with Gasteiger partial charge in [0.2, 0.25) is 0 Å². The van der Waals surface area contributed by atoms with Crippen molar-refractivity contribution in [2.45, 2.75) is 38.5 Å². The van der Waals surface area contributed by atoms with Gasteiger partial charge in [-0.3, -0.25) is 0 Å². The van der Waals surface area contributed by atoms with Gasteiger partial charge in [0, 0.05) is 42.4 Å². The fourth-order valence-corrected chi connectivity index (χ4v) is 7.87. The van der Waals surface area contributed by atoms with E-state index in [4.69, 9.17) is 15.0 Å². The number of hydrogen-bond acceptors (Lipinski definition) is 4. The topological polar surface area (TPSA) is 38.7 Å². The highest BCUT2D eigenvalue weighted by Crippen LogP contribution is 2.57. The molecule has 0 amide bonds. The fourth-order valence-electron chi connectivity index (χ4n) is 6.61. The Morgan fingerprint density at radius 3 is 1.70 bits per heavy atom. The lowest BCUT2D eigenvalue weighted by molar-refractivity contribution is 0.299. The Morgan fingerprint density at radius 1 is 0.488 bits per heavy atom. The van der Waals surface area contributed by atoms with Gasteiger partial charge in [-0.2, -0.15) is 0 Å². The summed E-state index contributed by atoms with van der Waals surface area (Å²) in [5, 5.41) is 2.67. The van der Waals surface area contributed by atoms with Crippen LogP contribution in [0.4, 0.5) is 0 Å². The lowest BCUT2D eigenvalue weighted by Crippen LogP contribution is -2.43. The quantitative estimate of drug-likeness (QED) is 0.211. The first kappa shape index (κ1) is 26.0. The smallest absolute Gasteiger partial charge is 0.164 e. The molecule has 0 saturated heterocycles. The Labute approximate surface area is 256 Å². The molecule has 0 bridgehead atoms. The summed E-state index contributed by atoms with van der Waals surface area (Å²) >= 11 is 1.91. The van der Waals surface area contributed by atoms with Crippen LogP contribution < -0.4 is 0 Å². The first-order chi connectivity index (χ1) is 20.8. The maximum Gasteiger partial charge on any atom is 0.164 e. The molecule has 0 fully saturated rings. The van der Waals surface area contributed by atoms with E-state index < -0.39 is 0 Å². The lowest BCUT2D eigenvalue weighted by atomic mass is 9.55. The summed E-state index contributed by atoms with van der Waals surface area (Å²) in [4.78, 5) is 15.0. The SMILES string of the molecule is CC1(C)c2cc(-c3nc(-c4ccccc4)nc(-c4ccccc4)n3)ccc2-c2c(ccc3c2sc2ccccc23)C1(C)C. The van der Waals surface area contributed by atoms with Crippen LogP contribution >= 0.6 is 11.3 Å². The average molecular weight is 574 g/mol. The molecule has 1 aliphatic carbocycles. The van der Waals surface area contributed by atoms with Crippen LogP contribution in [0.15, 0.2) is 115 Å². The zero-order valence-electron chi connectivity index (χ0n) is 24.7. The highest BCUT2D eigenvalue weighted by Gasteiger charge is 2.46. The molecule has 0 saturated carbocycles. The molecule has 0 atom stereocenters. The van der Waals surface area contributed by atoms with Crippen molar-refractivity contribution >= 4 is 31.5 Å². The number of aromatic nitrogens is 3. The van der Waals surface area contributed by atoms with Gasteiger partial charge in [0.25, 0.3) is 0 Å². The van der Waals surface area contributed by atoms with Crippen LogP contribution in [-0.4, -0.2) is 15.0 Å².